The predicted molar refractivity (Wildman–Crippen MR) is 77.5 cm³/mol. The highest BCUT2D eigenvalue weighted by molar-refractivity contribution is 5.30. The fraction of sp³-hybridized carbons (Fsp3) is 0.471. The highest BCUT2D eigenvalue weighted by Gasteiger charge is 2.33. The Bertz CT molecular complexity index is 578. The molecule has 20 heavy (non-hydrogen) atoms. The Morgan fingerprint density at radius 3 is 2.80 bits per heavy atom. The lowest BCUT2D eigenvalue weighted by molar-refractivity contribution is 0.209. The zero-order valence-electron chi connectivity index (χ0n) is 11.6. The van der Waals surface area contributed by atoms with Crippen LogP contribution in [0.15, 0.2) is 41.1 Å². The van der Waals surface area contributed by atoms with Crippen LogP contribution in [0.1, 0.15) is 29.9 Å². The van der Waals surface area contributed by atoms with E-state index in [4.69, 9.17) is 4.42 Å². The molecule has 1 fully saturated rings. The number of rotatable bonds is 2. The molecule has 0 amide bonds. The van der Waals surface area contributed by atoms with E-state index in [0.29, 0.717) is 18.0 Å². The summed E-state index contributed by atoms with van der Waals surface area (Å²) in [6, 6.07) is 10.0. The molecule has 3 aliphatic rings. The van der Waals surface area contributed by atoms with Gasteiger partial charge in [-0.15, -0.1) is 0 Å². The van der Waals surface area contributed by atoms with E-state index in [-0.39, 0.29) is 0 Å². The molecule has 5 rings (SSSR count). The van der Waals surface area contributed by atoms with Crippen molar-refractivity contribution in [1.29, 1.82) is 0 Å². The van der Waals surface area contributed by atoms with Gasteiger partial charge in [-0.25, -0.2) is 4.98 Å². The fourth-order valence-electron chi connectivity index (χ4n) is 3.82. The van der Waals surface area contributed by atoms with Crippen molar-refractivity contribution in [2.75, 3.05) is 0 Å². The summed E-state index contributed by atoms with van der Waals surface area (Å²) in [7, 11) is 0. The number of fused-ring (bicyclic) bond motifs is 2. The van der Waals surface area contributed by atoms with Crippen molar-refractivity contribution in [3.8, 4) is 0 Å². The Morgan fingerprint density at radius 2 is 2.00 bits per heavy atom. The van der Waals surface area contributed by atoms with Gasteiger partial charge in [-0.05, 0) is 42.7 Å². The third-order valence-corrected chi connectivity index (χ3v) is 4.85. The molecule has 2 bridgehead atoms. The first-order valence-electron chi connectivity index (χ1n) is 7.59. The Hall–Kier alpha value is -1.61. The molecule has 0 unspecified atom stereocenters. The van der Waals surface area contributed by atoms with E-state index in [9.17, 15) is 0 Å². The Morgan fingerprint density at radius 1 is 1.15 bits per heavy atom. The summed E-state index contributed by atoms with van der Waals surface area (Å²) < 4.78 is 5.43. The van der Waals surface area contributed by atoms with E-state index >= 15 is 0 Å². The number of nitrogens with zero attached hydrogens (tertiary/aromatic N) is 1. The summed E-state index contributed by atoms with van der Waals surface area (Å²) in [6.45, 7) is 0. The zero-order valence-corrected chi connectivity index (χ0v) is 11.6. The minimum absolute atomic E-state index is 0.501. The number of aromatic nitrogens is 1. The molecule has 1 aromatic heterocycles. The lowest BCUT2D eigenvalue weighted by Crippen LogP contribution is -2.51. The minimum atomic E-state index is 0.501. The van der Waals surface area contributed by atoms with Gasteiger partial charge >= 0.3 is 0 Å². The second-order valence-electron chi connectivity index (χ2n) is 6.11. The Labute approximate surface area is 119 Å². The van der Waals surface area contributed by atoms with Crippen LogP contribution in [0.4, 0.5) is 0 Å². The summed E-state index contributed by atoms with van der Waals surface area (Å²) in [5.74, 6) is 1.56. The molecule has 3 heterocycles. The van der Waals surface area contributed by atoms with Gasteiger partial charge in [0, 0.05) is 18.5 Å². The van der Waals surface area contributed by atoms with Gasteiger partial charge in [0.05, 0.1) is 6.20 Å². The van der Waals surface area contributed by atoms with Gasteiger partial charge in [0.1, 0.15) is 6.26 Å². The lowest BCUT2D eigenvalue weighted by atomic mass is 9.76. The monoisotopic (exact) mass is 268 g/mol. The van der Waals surface area contributed by atoms with Crippen LogP contribution in [-0.2, 0) is 19.3 Å². The maximum absolute atomic E-state index is 5.43. The van der Waals surface area contributed by atoms with Crippen molar-refractivity contribution in [2.24, 2.45) is 5.92 Å². The maximum Gasteiger partial charge on any atom is 0.195 e. The van der Waals surface area contributed by atoms with Crippen LogP contribution in [0.5, 0.6) is 0 Å². The van der Waals surface area contributed by atoms with E-state index in [1.807, 2.05) is 0 Å². The molecule has 3 atom stereocenters. The van der Waals surface area contributed by atoms with Crippen LogP contribution in [0.25, 0.3) is 0 Å². The van der Waals surface area contributed by atoms with Crippen LogP contribution in [0.3, 0.4) is 0 Å². The van der Waals surface area contributed by atoms with Crippen molar-refractivity contribution < 1.29 is 4.42 Å². The van der Waals surface area contributed by atoms with Crippen LogP contribution >= 0.6 is 0 Å². The number of benzene rings is 1. The quantitative estimate of drug-likeness (QED) is 0.910. The summed E-state index contributed by atoms with van der Waals surface area (Å²) in [6.07, 6.45) is 9.28. The van der Waals surface area contributed by atoms with Gasteiger partial charge < -0.3 is 9.73 Å². The van der Waals surface area contributed by atoms with Gasteiger partial charge in [-0.2, -0.15) is 0 Å². The number of hydrogen-bond acceptors (Lipinski definition) is 3. The third kappa shape index (κ3) is 2.27. The molecule has 1 N–H and O–H groups in total. The van der Waals surface area contributed by atoms with E-state index in [2.05, 4.69) is 34.6 Å². The normalized spacial score (nSPS) is 28.7. The zero-order chi connectivity index (χ0) is 13.4. The van der Waals surface area contributed by atoms with Crippen molar-refractivity contribution in [3.05, 3.63) is 53.7 Å². The van der Waals surface area contributed by atoms with Crippen LogP contribution in [0, 0.1) is 5.92 Å². The standard InChI is InChI=1S/C17H20N2O/c1-2-4-13-10-15-6-5-14(9-12(13)3-1)16(19-15)11-17-18-7-8-20-17/h1-4,7-8,14-16,19H,5-6,9-11H2/t14-,15+,16-/m1/s1. The number of piperidine rings is 1. The molecule has 3 nitrogen and oxygen atoms in total. The number of hydrogen-bond donors (Lipinski definition) is 1. The largest absolute Gasteiger partial charge is 0.449 e. The third-order valence-electron chi connectivity index (χ3n) is 4.85. The fourth-order valence-corrected chi connectivity index (χ4v) is 3.82. The number of oxazole rings is 1. The first-order chi connectivity index (χ1) is 9.88. The predicted octanol–water partition coefficient (Wildman–Crippen LogP) is 2.75. The van der Waals surface area contributed by atoms with Crippen LogP contribution in [0.2, 0.25) is 0 Å². The summed E-state index contributed by atoms with van der Waals surface area (Å²) in [5.41, 5.74) is 3.07. The minimum Gasteiger partial charge on any atom is -0.449 e. The Kier molecular flexibility index (Phi) is 3.07. The highest BCUT2D eigenvalue weighted by Crippen LogP contribution is 2.31. The molecule has 1 aliphatic carbocycles. The van der Waals surface area contributed by atoms with Crippen molar-refractivity contribution in [1.82, 2.24) is 10.3 Å². The topological polar surface area (TPSA) is 38.1 Å². The average molecular weight is 268 g/mol. The molecule has 2 aliphatic heterocycles. The van der Waals surface area contributed by atoms with Gasteiger partial charge in [-0.3, -0.25) is 0 Å². The molecule has 1 saturated heterocycles. The van der Waals surface area contributed by atoms with Gasteiger partial charge in [0.2, 0.25) is 0 Å². The van der Waals surface area contributed by atoms with Crippen LogP contribution < -0.4 is 5.32 Å². The van der Waals surface area contributed by atoms with Crippen molar-refractivity contribution in [3.63, 3.8) is 0 Å². The average Bonchev–Trinajstić information content (AvgIpc) is 2.93. The summed E-state index contributed by atoms with van der Waals surface area (Å²) >= 11 is 0. The van der Waals surface area contributed by atoms with Gasteiger partial charge in [-0.1, -0.05) is 24.3 Å². The first kappa shape index (κ1) is 12.2. The molecule has 0 radical (unpaired) electrons. The highest BCUT2D eigenvalue weighted by atomic mass is 16.3. The SMILES string of the molecule is c1ccc2c(c1)C[C@@H]1CC[C@H](C2)[C@@H](Cc2ncco2)N1. The van der Waals surface area contributed by atoms with Gasteiger partial charge in [0.15, 0.2) is 5.89 Å². The summed E-state index contributed by atoms with van der Waals surface area (Å²) in [4.78, 5) is 4.29. The molecule has 0 saturated carbocycles. The molecular weight excluding hydrogens is 248 g/mol. The molecule has 0 spiro atoms. The second kappa shape index (κ2) is 5.06. The lowest BCUT2D eigenvalue weighted by Gasteiger charge is -2.40. The molecule has 3 heteroatoms. The van der Waals surface area contributed by atoms with Crippen molar-refractivity contribution >= 4 is 0 Å². The molecule has 104 valence electrons. The van der Waals surface area contributed by atoms with E-state index in [0.717, 1.165) is 18.7 Å². The molecule has 1 aromatic carbocycles. The number of nitrogens with one attached hydrogen (secondary N) is 1. The maximum atomic E-state index is 5.43. The van der Waals surface area contributed by atoms with Gasteiger partial charge in [0.25, 0.3) is 0 Å². The smallest absolute Gasteiger partial charge is 0.195 e. The van der Waals surface area contributed by atoms with E-state index in [1.54, 1.807) is 18.0 Å². The molecule has 2 aromatic rings. The Balaban J connectivity index is 1.60. The summed E-state index contributed by atoms with van der Waals surface area (Å²) in [5, 5.41) is 3.83. The van der Waals surface area contributed by atoms with Crippen LogP contribution in [-0.4, -0.2) is 17.1 Å². The van der Waals surface area contributed by atoms with E-state index in [1.165, 1.54) is 24.8 Å². The van der Waals surface area contributed by atoms with E-state index < -0.39 is 0 Å². The first-order valence-corrected chi connectivity index (χ1v) is 7.59. The molecular formula is C17H20N2O. The second-order valence-corrected chi connectivity index (χ2v) is 6.11. The van der Waals surface area contributed by atoms with Crippen molar-refractivity contribution in [2.45, 2.75) is 44.2 Å².